The van der Waals surface area contributed by atoms with E-state index >= 15 is 0 Å². The normalized spacial score (nSPS) is 31.1. The summed E-state index contributed by atoms with van der Waals surface area (Å²) in [7, 11) is 2.24. The molecule has 3 rings (SSSR count). The molecule has 0 amide bonds. The van der Waals surface area contributed by atoms with Crippen molar-refractivity contribution < 1.29 is 9.13 Å². The first-order valence-electron chi connectivity index (χ1n) is 8.34. The van der Waals surface area contributed by atoms with Gasteiger partial charge in [-0.2, -0.15) is 0 Å². The summed E-state index contributed by atoms with van der Waals surface area (Å²) >= 11 is 0. The predicted octanol–water partition coefficient (Wildman–Crippen LogP) is 3.40. The van der Waals surface area contributed by atoms with Crippen LogP contribution in [0.3, 0.4) is 0 Å². The Morgan fingerprint density at radius 3 is 2.74 bits per heavy atom. The Morgan fingerprint density at radius 1 is 1.35 bits per heavy atom. The van der Waals surface area contributed by atoms with E-state index in [-0.39, 0.29) is 24.3 Å². The molecular weight excluding hydrogens is 315 g/mol. The van der Waals surface area contributed by atoms with Crippen molar-refractivity contribution in [2.45, 2.75) is 38.3 Å². The number of rotatable bonds is 4. The highest BCUT2D eigenvalue weighted by Crippen LogP contribution is 2.33. The number of ether oxygens (including phenoxy) is 1. The summed E-state index contributed by atoms with van der Waals surface area (Å²) in [6.45, 7) is 6.53. The minimum Gasteiger partial charge on any atom is -0.373 e. The van der Waals surface area contributed by atoms with Crippen LogP contribution in [0.2, 0.25) is 0 Å². The highest BCUT2D eigenvalue weighted by Gasteiger charge is 2.33. The van der Waals surface area contributed by atoms with E-state index in [9.17, 15) is 4.39 Å². The van der Waals surface area contributed by atoms with Crippen LogP contribution < -0.4 is 5.32 Å². The molecule has 130 valence electrons. The minimum atomic E-state index is -0.185. The molecule has 1 aromatic rings. The van der Waals surface area contributed by atoms with Crippen LogP contribution in [0.4, 0.5) is 4.39 Å². The van der Waals surface area contributed by atoms with E-state index in [0.717, 1.165) is 44.6 Å². The lowest BCUT2D eigenvalue weighted by molar-refractivity contribution is -0.0290. The van der Waals surface area contributed by atoms with E-state index in [2.05, 4.69) is 24.2 Å². The molecule has 2 aliphatic rings. The lowest BCUT2D eigenvalue weighted by Crippen LogP contribution is -2.43. The van der Waals surface area contributed by atoms with Crippen molar-refractivity contribution >= 4 is 12.4 Å². The maximum atomic E-state index is 13.1. The zero-order valence-corrected chi connectivity index (χ0v) is 14.9. The average Bonchev–Trinajstić information content (AvgIpc) is 2.94. The number of nitrogens with zero attached hydrogens (tertiary/aromatic N) is 1. The zero-order chi connectivity index (χ0) is 15.6. The van der Waals surface area contributed by atoms with E-state index in [1.807, 2.05) is 12.1 Å². The standard InChI is InChI=1S/C18H27FN2O.ClH/c1-18(8-9-20-12-18)13-21(2)16-7-10-22-17(11-16)14-3-5-15(19)6-4-14;/h3-6,16-17,20H,7-13H2,1-2H3;1H. The molecule has 3 atom stereocenters. The van der Waals surface area contributed by atoms with Crippen molar-refractivity contribution in [2.24, 2.45) is 5.41 Å². The van der Waals surface area contributed by atoms with Crippen LogP contribution in [-0.2, 0) is 4.74 Å². The van der Waals surface area contributed by atoms with Crippen LogP contribution in [0.5, 0.6) is 0 Å². The van der Waals surface area contributed by atoms with Gasteiger partial charge in [-0.05, 0) is 56.0 Å². The van der Waals surface area contributed by atoms with Gasteiger partial charge in [-0.15, -0.1) is 12.4 Å². The van der Waals surface area contributed by atoms with E-state index in [4.69, 9.17) is 4.74 Å². The molecule has 2 saturated heterocycles. The fourth-order valence-corrected chi connectivity index (χ4v) is 3.82. The second kappa shape index (κ2) is 7.93. The molecule has 1 N–H and O–H groups in total. The number of nitrogens with one attached hydrogen (secondary N) is 1. The molecule has 5 heteroatoms. The van der Waals surface area contributed by atoms with Crippen molar-refractivity contribution in [1.82, 2.24) is 10.2 Å². The maximum Gasteiger partial charge on any atom is 0.123 e. The second-order valence-electron chi connectivity index (χ2n) is 7.24. The van der Waals surface area contributed by atoms with Gasteiger partial charge in [0, 0.05) is 25.7 Å². The molecular formula is C18H28ClFN2O. The number of hydrogen-bond acceptors (Lipinski definition) is 3. The maximum absolute atomic E-state index is 13.1. The van der Waals surface area contributed by atoms with Gasteiger partial charge in [-0.3, -0.25) is 0 Å². The van der Waals surface area contributed by atoms with Crippen LogP contribution in [0.15, 0.2) is 24.3 Å². The predicted molar refractivity (Wildman–Crippen MR) is 93.6 cm³/mol. The molecule has 0 spiro atoms. The van der Waals surface area contributed by atoms with Crippen molar-refractivity contribution in [2.75, 3.05) is 33.3 Å². The second-order valence-corrected chi connectivity index (χ2v) is 7.24. The molecule has 0 aromatic heterocycles. The van der Waals surface area contributed by atoms with E-state index in [1.54, 1.807) is 0 Å². The van der Waals surface area contributed by atoms with E-state index < -0.39 is 0 Å². The number of halogens is 2. The Balaban J connectivity index is 0.00000192. The third kappa shape index (κ3) is 4.66. The van der Waals surface area contributed by atoms with Crippen molar-refractivity contribution in [1.29, 1.82) is 0 Å². The summed E-state index contributed by atoms with van der Waals surface area (Å²) in [5.74, 6) is -0.185. The van der Waals surface area contributed by atoms with Crippen LogP contribution >= 0.6 is 12.4 Å². The van der Waals surface area contributed by atoms with E-state index in [0.29, 0.717) is 11.5 Å². The molecule has 2 aliphatic heterocycles. The first kappa shape index (κ1) is 18.7. The Morgan fingerprint density at radius 2 is 2.09 bits per heavy atom. The molecule has 0 bridgehead atoms. The fraction of sp³-hybridized carbons (Fsp3) is 0.667. The van der Waals surface area contributed by atoms with Crippen molar-refractivity contribution in [3.63, 3.8) is 0 Å². The Bertz CT molecular complexity index is 490. The number of benzene rings is 1. The Kier molecular flexibility index (Phi) is 6.43. The lowest BCUT2D eigenvalue weighted by Gasteiger charge is -2.39. The molecule has 1 aromatic carbocycles. The monoisotopic (exact) mass is 342 g/mol. The third-order valence-corrected chi connectivity index (χ3v) is 5.21. The van der Waals surface area contributed by atoms with Crippen LogP contribution in [-0.4, -0.2) is 44.2 Å². The van der Waals surface area contributed by atoms with Crippen molar-refractivity contribution in [3.05, 3.63) is 35.6 Å². The fourth-order valence-electron chi connectivity index (χ4n) is 3.82. The van der Waals surface area contributed by atoms with Gasteiger partial charge >= 0.3 is 0 Å². The van der Waals surface area contributed by atoms with Gasteiger partial charge < -0.3 is 15.0 Å². The molecule has 23 heavy (non-hydrogen) atoms. The molecule has 3 unspecified atom stereocenters. The quantitative estimate of drug-likeness (QED) is 0.907. The summed E-state index contributed by atoms with van der Waals surface area (Å²) in [5, 5.41) is 3.47. The molecule has 0 saturated carbocycles. The summed E-state index contributed by atoms with van der Waals surface area (Å²) in [4.78, 5) is 2.51. The highest BCUT2D eigenvalue weighted by atomic mass is 35.5. The van der Waals surface area contributed by atoms with Crippen LogP contribution in [0.1, 0.15) is 37.9 Å². The van der Waals surface area contributed by atoms with Crippen molar-refractivity contribution in [3.8, 4) is 0 Å². The van der Waals surface area contributed by atoms with Crippen LogP contribution in [0.25, 0.3) is 0 Å². The Hall–Kier alpha value is -0.680. The van der Waals surface area contributed by atoms with Gasteiger partial charge in [-0.1, -0.05) is 19.1 Å². The molecule has 3 nitrogen and oxygen atoms in total. The smallest absolute Gasteiger partial charge is 0.123 e. The van der Waals surface area contributed by atoms with Gasteiger partial charge in [0.2, 0.25) is 0 Å². The molecule has 0 radical (unpaired) electrons. The van der Waals surface area contributed by atoms with Crippen LogP contribution in [0, 0.1) is 11.2 Å². The summed E-state index contributed by atoms with van der Waals surface area (Å²) in [6, 6.07) is 7.30. The van der Waals surface area contributed by atoms with E-state index in [1.165, 1.54) is 18.6 Å². The molecule has 0 aliphatic carbocycles. The Labute approximate surface area is 145 Å². The SMILES string of the molecule is CN(CC1(C)CCNC1)C1CCOC(c2ccc(F)cc2)C1.Cl. The third-order valence-electron chi connectivity index (χ3n) is 5.21. The minimum absolute atomic E-state index is 0. The first-order valence-corrected chi connectivity index (χ1v) is 8.34. The van der Waals surface area contributed by atoms with Gasteiger partial charge in [0.05, 0.1) is 6.10 Å². The summed E-state index contributed by atoms with van der Waals surface area (Å²) < 4.78 is 19.0. The highest BCUT2D eigenvalue weighted by molar-refractivity contribution is 5.85. The zero-order valence-electron chi connectivity index (χ0n) is 14.1. The first-order chi connectivity index (χ1) is 10.6. The lowest BCUT2D eigenvalue weighted by atomic mass is 9.87. The van der Waals surface area contributed by atoms with Gasteiger partial charge in [0.1, 0.15) is 5.82 Å². The molecule has 2 heterocycles. The summed E-state index contributed by atoms with van der Waals surface area (Å²) in [5.41, 5.74) is 1.48. The largest absolute Gasteiger partial charge is 0.373 e. The molecule has 2 fully saturated rings. The summed E-state index contributed by atoms with van der Waals surface area (Å²) in [6.07, 6.45) is 3.42. The van der Waals surface area contributed by atoms with Gasteiger partial charge in [-0.25, -0.2) is 4.39 Å². The van der Waals surface area contributed by atoms with Gasteiger partial charge in [0.25, 0.3) is 0 Å². The number of hydrogen-bond donors (Lipinski definition) is 1. The average molecular weight is 343 g/mol. The topological polar surface area (TPSA) is 24.5 Å². The van der Waals surface area contributed by atoms with Gasteiger partial charge in [0.15, 0.2) is 0 Å².